The fourth-order valence-electron chi connectivity index (χ4n) is 2.42. The second kappa shape index (κ2) is 8.61. The van der Waals surface area contributed by atoms with Crippen molar-refractivity contribution in [2.45, 2.75) is 20.3 Å². The van der Waals surface area contributed by atoms with Gasteiger partial charge < -0.3 is 15.1 Å². The number of aromatic nitrogens is 2. The molecule has 0 unspecified atom stereocenters. The summed E-state index contributed by atoms with van der Waals surface area (Å²) in [5.41, 5.74) is 0. The van der Waals surface area contributed by atoms with E-state index in [-0.39, 0.29) is 11.5 Å². The average molecular weight is 375 g/mol. The molecule has 0 atom stereocenters. The van der Waals surface area contributed by atoms with Crippen LogP contribution in [0.4, 0.5) is 5.13 Å². The molecule has 1 aliphatic heterocycles. The Labute approximate surface area is 148 Å². The molecule has 0 amide bonds. The van der Waals surface area contributed by atoms with Crippen LogP contribution in [0.1, 0.15) is 19.7 Å². The number of aliphatic imine (C=N–C) groups is 1. The highest BCUT2D eigenvalue weighted by Crippen LogP contribution is 2.19. The maximum absolute atomic E-state index is 11.6. The summed E-state index contributed by atoms with van der Waals surface area (Å²) in [5.74, 6) is 1.96. The number of piperazine rings is 1. The third kappa shape index (κ3) is 5.04. The van der Waals surface area contributed by atoms with Crippen LogP contribution in [-0.2, 0) is 16.3 Å². The Hall–Kier alpha value is -1.42. The van der Waals surface area contributed by atoms with E-state index in [2.05, 4.69) is 36.4 Å². The standard InChI is InChI=1S/C14H26N6O2S2/c1-4-12-17-14(23-18-12)20-9-7-19(8-10-20)13(15-3)16-6-11-24(21,22)5-2/h4-11H2,1-3H3,(H,15,16). The quantitative estimate of drug-likeness (QED) is 0.563. The maximum Gasteiger partial charge on any atom is 0.205 e. The van der Waals surface area contributed by atoms with Gasteiger partial charge in [0.1, 0.15) is 5.82 Å². The highest BCUT2D eigenvalue weighted by Gasteiger charge is 2.22. The van der Waals surface area contributed by atoms with Crippen LogP contribution in [0.15, 0.2) is 4.99 Å². The van der Waals surface area contributed by atoms with Crippen LogP contribution in [0.2, 0.25) is 0 Å². The van der Waals surface area contributed by atoms with Gasteiger partial charge in [0.25, 0.3) is 0 Å². The second-order valence-corrected chi connectivity index (χ2v) is 8.73. The number of nitrogens with zero attached hydrogens (tertiary/aromatic N) is 5. The van der Waals surface area contributed by atoms with Gasteiger partial charge in [-0.1, -0.05) is 13.8 Å². The van der Waals surface area contributed by atoms with Crippen molar-refractivity contribution in [3.05, 3.63) is 5.82 Å². The molecule has 0 bridgehead atoms. The summed E-state index contributed by atoms with van der Waals surface area (Å²) in [7, 11) is -1.23. The maximum atomic E-state index is 11.6. The summed E-state index contributed by atoms with van der Waals surface area (Å²) in [6.45, 7) is 7.46. The SMILES string of the molecule is CCc1nsc(N2CCN(C(=NC)NCCS(=O)(=O)CC)CC2)n1. The minimum Gasteiger partial charge on any atom is -0.355 e. The topological polar surface area (TPSA) is 90.8 Å². The Morgan fingerprint density at radius 2 is 2.00 bits per heavy atom. The largest absolute Gasteiger partial charge is 0.355 e. The monoisotopic (exact) mass is 374 g/mol. The lowest BCUT2D eigenvalue weighted by atomic mass is 10.3. The summed E-state index contributed by atoms with van der Waals surface area (Å²) in [6, 6.07) is 0. The number of hydrogen-bond acceptors (Lipinski definition) is 7. The van der Waals surface area contributed by atoms with Crippen molar-refractivity contribution in [2.24, 2.45) is 4.99 Å². The molecule has 1 N–H and O–H groups in total. The van der Waals surface area contributed by atoms with E-state index < -0.39 is 9.84 Å². The third-order valence-electron chi connectivity index (χ3n) is 3.97. The van der Waals surface area contributed by atoms with E-state index in [4.69, 9.17) is 0 Å². The molecule has 0 saturated carbocycles. The van der Waals surface area contributed by atoms with E-state index >= 15 is 0 Å². The van der Waals surface area contributed by atoms with Crippen molar-refractivity contribution in [1.29, 1.82) is 0 Å². The first-order valence-corrected chi connectivity index (χ1v) is 10.8. The Kier molecular flexibility index (Phi) is 6.79. The molecule has 10 heteroatoms. The number of anilines is 1. The van der Waals surface area contributed by atoms with Crippen molar-refractivity contribution < 1.29 is 8.42 Å². The van der Waals surface area contributed by atoms with Gasteiger partial charge in [0.15, 0.2) is 15.8 Å². The summed E-state index contributed by atoms with van der Waals surface area (Å²) < 4.78 is 27.5. The first-order chi connectivity index (χ1) is 11.5. The van der Waals surface area contributed by atoms with Gasteiger partial charge in [-0.25, -0.2) is 13.4 Å². The first-order valence-electron chi connectivity index (χ1n) is 8.22. The van der Waals surface area contributed by atoms with Crippen molar-refractivity contribution in [1.82, 2.24) is 19.6 Å². The molecular formula is C14H26N6O2S2. The first kappa shape index (κ1) is 18.9. The highest BCUT2D eigenvalue weighted by molar-refractivity contribution is 7.91. The Bertz CT molecular complexity index is 650. The molecule has 24 heavy (non-hydrogen) atoms. The molecule has 1 aliphatic rings. The number of nitrogens with one attached hydrogen (secondary N) is 1. The molecule has 8 nitrogen and oxygen atoms in total. The molecule has 2 rings (SSSR count). The van der Waals surface area contributed by atoms with Gasteiger partial charge in [-0.2, -0.15) is 4.37 Å². The van der Waals surface area contributed by atoms with E-state index in [0.29, 0.717) is 6.54 Å². The van der Waals surface area contributed by atoms with Crippen LogP contribution in [0.3, 0.4) is 0 Å². The molecule has 136 valence electrons. The summed E-state index contributed by atoms with van der Waals surface area (Å²) >= 11 is 1.45. The minimum absolute atomic E-state index is 0.132. The number of guanidine groups is 1. The molecule has 1 aromatic heterocycles. The summed E-state index contributed by atoms with van der Waals surface area (Å²) in [6.07, 6.45) is 0.855. The van der Waals surface area contributed by atoms with Crippen LogP contribution < -0.4 is 10.2 Å². The van der Waals surface area contributed by atoms with E-state index in [9.17, 15) is 8.42 Å². The lowest BCUT2D eigenvalue weighted by Gasteiger charge is -2.36. The van der Waals surface area contributed by atoms with Crippen LogP contribution in [0.25, 0.3) is 0 Å². The highest BCUT2D eigenvalue weighted by atomic mass is 32.2. The van der Waals surface area contributed by atoms with Gasteiger partial charge in [0.2, 0.25) is 5.13 Å². The minimum atomic E-state index is -2.96. The summed E-state index contributed by atoms with van der Waals surface area (Å²) in [5, 5.41) is 4.13. The molecular weight excluding hydrogens is 348 g/mol. The zero-order valence-corrected chi connectivity index (χ0v) is 16.2. The van der Waals surface area contributed by atoms with Gasteiger partial charge >= 0.3 is 0 Å². The predicted molar refractivity (Wildman–Crippen MR) is 98.8 cm³/mol. The molecule has 0 aliphatic carbocycles. The molecule has 0 radical (unpaired) electrons. The van der Waals surface area contributed by atoms with Gasteiger partial charge in [-0.15, -0.1) is 0 Å². The smallest absolute Gasteiger partial charge is 0.205 e. The van der Waals surface area contributed by atoms with E-state index in [1.54, 1.807) is 14.0 Å². The lowest BCUT2D eigenvalue weighted by Crippen LogP contribution is -2.53. The normalized spacial score (nSPS) is 16.5. The van der Waals surface area contributed by atoms with Crippen LogP contribution >= 0.6 is 11.5 Å². The van der Waals surface area contributed by atoms with Crippen molar-refractivity contribution in [2.75, 3.05) is 56.2 Å². The Balaban J connectivity index is 1.83. The van der Waals surface area contributed by atoms with Crippen molar-refractivity contribution in [3.63, 3.8) is 0 Å². The molecule has 0 aromatic carbocycles. The van der Waals surface area contributed by atoms with E-state index in [1.165, 1.54) is 11.5 Å². The number of sulfone groups is 1. The number of rotatable bonds is 6. The lowest BCUT2D eigenvalue weighted by molar-refractivity contribution is 0.373. The number of hydrogen-bond donors (Lipinski definition) is 1. The Morgan fingerprint density at radius 1 is 1.29 bits per heavy atom. The van der Waals surface area contributed by atoms with E-state index in [1.807, 2.05) is 0 Å². The van der Waals surface area contributed by atoms with Gasteiger partial charge in [-0.3, -0.25) is 4.99 Å². The molecule has 1 aromatic rings. The molecule has 0 spiro atoms. The zero-order valence-electron chi connectivity index (χ0n) is 14.5. The molecule has 1 fully saturated rings. The van der Waals surface area contributed by atoms with Gasteiger partial charge in [-0.05, 0) is 0 Å². The van der Waals surface area contributed by atoms with Crippen LogP contribution in [0, 0.1) is 0 Å². The molecule has 2 heterocycles. The third-order valence-corrected chi connectivity index (χ3v) is 6.49. The molecule has 1 saturated heterocycles. The number of aryl methyl sites for hydroxylation is 1. The fraction of sp³-hybridized carbons (Fsp3) is 0.786. The predicted octanol–water partition coefficient (Wildman–Crippen LogP) is 0.233. The fourth-order valence-corrected chi connectivity index (χ4v) is 3.92. The van der Waals surface area contributed by atoms with E-state index in [0.717, 1.165) is 49.5 Å². The van der Waals surface area contributed by atoms with Crippen LogP contribution in [0.5, 0.6) is 0 Å². The van der Waals surface area contributed by atoms with Crippen molar-refractivity contribution >= 4 is 32.5 Å². The zero-order chi connectivity index (χ0) is 17.6. The second-order valence-electron chi connectivity index (χ2n) is 5.53. The summed E-state index contributed by atoms with van der Waals surface area (Å²) in [4.78, 5) is 13.2. The Morgan fingerprint density at radius 3 is 2.54 bits per heavy atom. The van der Waals surface area contributed by atoms with Gasteiger partial charge in [0.05, 0.1) is 5.75 Å². The van der Waals surface area contributed by atoms with Crippen molar-refractivity contribution in [3.8, 4) is 0 Å². The van der Waals surface area contributed by atoms with Crippen LogP contribution in [-0.4, -0.2) is 79.9 Å². The van der Waals surface area contributed by atoms with Gasteiger partial charge in [0, 0.05) is 63.5 Å². The average Bonchev–Trinajstić information content (AvgIpc) is 3.08.